The third-order valence-corrected chi connectivity index (χ3v) is 9.95. The minimum Gasteiger partial charge on any atom is -0.454 e. The van der Waals surface area contributed by atoms with Gasteiger partial charge < -0.3 is 19.7 Å². The normalized spacial score (nSPS) is 38.7. The number of allylic oxidation sites excluding steroid dienone is 4. The molecule has 9 heteroatoms. The van der Waals surface area contributed by atoms with Crippen molar-refractivity contribution in [1.29, 1.82) is 0 Å². The van der Waals surface area contributed by atoms with Crippen LogP contribution in [0.3, 0.4) is 0 Å². The number of fused-ring (bicyclic) bond motifs is 5. The highest BCUT2D eigenvalue weighted by Crippen LogP contribution is 2.69. The minimum absolute atomic E-state index is 0.0126. The van der Waals surface area contributed by atoms with E-state index in [1.54, 1.807) is 32.1 Å². The van der Waals surface area contributed by atoms with Crippen molar-refractivity contribution in [2.24, 2.45) is 22.7 Å². The third kappa shape index (κ3) is 3.84. The van der Waals surface area contributed by atoms with E-state index in [9.17, 15) is 29.4 Å². The van der Waals surface area contributed by atoms with E-state index in [-0.39, 0.29) is 29.9 Å². The topological polar surface area (TPSA) is 127 Å². The summed E-state index contributed by atoms with van der Waals surface area (Å²) in [6.45, 7) is 3.87. The lowest BCUT2D eigenvalue weighted by Gasteiger charge is -2.62. The van der Waals surface area contributed by atoms with Gasteiger partial charge in [0.15, 0.2) is 18.1 Å². The molecule has 5 rings (SSSR count). The number of halogens is 1. The molecule has 0 heterocycles. The maximum absolute atomic E-state index is 17.2. The van der Waals surface area contributed by atoms with Gasteiger partial charge >= 0.3 is 11.9 Å². The van der Waals surface area contributed by atoms with Crippen molar-refractivity contribution in [2.45, 2.75) is 70.2 Å². The van der Waals surface area contributed by atoms with E-state index in [4.69, 9.17) is 9.47 Å². The van der Waals surface area contributed by atoms with E-state index in [2.05, 4.69) is 0 Å². The van der Waals surface area contributed by atoms with Gasteiger partial charge in [0.05, 0.1) is 6.10 Å². The van der Waals surface area contributed by atoms with Crippen molar-refractivity contribution in [3.8, 4) is 5.75 Å². The molecule has 8 nitrogen and oxygen atoms in total. The number of aliphatic hydroxyl groups is 2. The summed E-state index contributed by atoms with van der Waals surface area (Å²) in [7, 11) is 0. The number of ether oxygens (including phenoxy) is 2. The predicted octanol–water partition coefficient (Wildman–Crippen LogP) is 3.44. The van der Waals surface area contributed by atoms with Crippen LogP contribution in [0, 0.1) is 22.7 Å². The second-order valence-corrected chi connectivity index (χ2v) is 11.8. The lowest BCUT2D eigenvalue weighted by atomic mass is 9.44. The lowest BCUT2D eigenvalue weighted by molar-refractivity contribution is -0.217. The van der Waals surface area contributed by atoms with E-state index in [0.29, 0.717) is 24.8 Å². The summed E-state index contributed by atoms with van der Waals surface area (Å²) in [5, 5.41) is 23.1. The number of carbonyl (C=O) groups excluding carboxylic acids is 4. The highest BCUT2D eigenvalue weighted by molar-refractivity contribution is 6.01. The Morgan fingerprint density at radius 3 is 2.56 bits per heavy atom. The van der Waals surface area contributed by atoms with Gasteiger partial charge in [0.2, 0.25) is 5.78 Å². The molecule has 0 amide bonds. The van der Waals surface area contributed by atoms with Gasteiger partial charge in [-0.3, -0.25) is 14.4 Å². The number of aliphatic hydroxyl groups excluding tert-OH is 1. The van der Waals surface area contributed by atoms with Gasteiger partial charge in [-0.25, -0.2) is 9.18 Å². The summed E-state index contributed by atoms with van der Waals surface area (Å²) in [5.74, 6) is -3.52. The first-order chi connectivity index (χ1) is 18.3. The van der Waals surface area contributed by atoms with Crippen molar-refractivity contribution < 1.29 is 43.3 Å². The molecule has 0 saturated heterocycles. The average Bonchev–Trinajstić information content (AvgIpc) is 3.14. The van der Waals surface area contributed by atoms with Crippen molar-refractivity contribution in [3.05, 3.63) is 53.6 Å². The first-order valence-electron chi connectivity index (χ1n) is 13.3. The van der Waals surface area contributed by atoms with Crippen molar-refractivity contribution in [1.82, 2.24) is 0 Å². The second kappa shape index (κ2) is 9.20. The number of para-hydroxylation sites is 1. The number of hydrogen-bond donors (Lipinski definition) is 2. The fourth-order valence-corrected chi connectivity index (χ4v) is 7.88. The smallest absolute Gasteiger partial charge is 0.342 e. The Morgan fingerprint density at radius 2 is 1.85 bits per heavy atom. The summed E-state index contributed by atoms with van der Waals surface area (Å²) in [5.41, 5.74) is -5.72. The molecule has 2 N–H and O–H groups in total. The summed E-state index contributed by atoms with van der Waals surface area (Å²) in [6, 6.07) is 5.94. The number of benzene rings is 1. The second-order valence-electron chi connectivity index (χ2n) is 11.8. The van der Waals surface area contributed by atoms with Crippen LogP contribution in [0.25, 0.3) is 0 Å². The van der Waals surface area contributed by atoms with Crippen LogP contribution in [0.5, 0.6) is 5.75 Å². The quantitative estimate of drug-likeness (QED) is 0.430. The van der Waals surface area contributed by atoms with Crippen LogP contribution in [0.15, 0.2) is 48.1 Å². The Kier molecular flexibility index (Phi) is 6.46. The Morgan fingerprint density at radius 1 is 1.13 bits per heavy atom. The first kappa shape index (κ1) is 27.4. The molecule has 39 heavy (non-hydrogen) atoms. The monoisotopic (exact) mass is 540 g/mol. The van der Waals surface area contributed by atoms with E-state index >= 15 is 4.39 Å². The molecule has 3 saturated carbocycles. The molecule has 4 aliphatic carbocycles. The van der Waals surface area contributed by atoms with E-state index < -0.39 is 64.4 Å². The van der Waals surface area contributed by atoms with Gasteiger partial charge in [-0.05, 0) is 69.2 Å². The Hall–Kier alpha value is -3.17. The van der Waals surface area contributed by atoms with E-state index in [1.807, 2.05) is 0 Å². The minimum atomic E-state index is -2.07. The predicted molar refractivity (Wildman–Crippen MR) is 136 cm³/mol. The van der Waals surface area contributed by atoms with Gasteiger partial charge in [0, 0.05) is 23.7 Å². The molecular formula is C30H33FO8. The molecule has 0 aliphatic heterocycles. The van der Waals surface area contributed by atoms with Crippen LogP contribution >= 0.6 is 0 Å². The van der Waals surface area contributed by atoms with Gasteiger partial charge in [0.1, 0.15) is 16.9 Å². The van der Waals surface area contributed by atoms with Crippen LogP contribution in [0.4, 0.5) is 4.39 Å². The number of Topliss-reactive ketones (excluding diaryl/α,β-unsaturated/α-hetero) is 1. The number of rotatable bonds is 5. The summed E-state index contributed by atoms with van der Waals surface area (Å²) in [4.78, 5) is 49.5. The molecule has 4 aliphatic rings. The SMILES string of the molecule is CC(=O)Oc1ccccc1C(=O)OCC(=O)[C@@]1(O)CC[C@H]2[C@@H]3CCC4=CC(=O)C=C[C@]4(C)[C@@]3(F)[C@@H](O)C[C@@]21C. The van der Waals surface area contributed by atoms with E-state index in [0.717, 1.165) is 0 Å². The maximum Gasteiger partial charge on any atom is 0.342 e. The highest BCUT2D eigenvalue weighted by Gasteiger charge is 2.74. The Labute approximate surface area is 225 Å². The highest BCUT2D eigenvalue weighted by atomic mass is 19.1. The van der Waals surface area contributed by atoms with Crippen molar-refractivity contribution >= 4 is 23.5 Å². The van der Waals surface area contributed by atoms with Gasteiger partial charge in [-0.1, -0.05) is 30.7 Å². The van der Waals surface area contributed by atoms with Gasteiger partial charge in [0.25, 0.3) is 0 Å². The van der Waals surface area contributed by atoms with Crippen molar-refractivity contribution in [3.63, 3.8) is 0 Å². The zero-order valence-electron chi connectivity index (χ0n) is 22.2. The Bertz CT molecular complexity index is 1320. The molecule has 0 bridgehead atoms. The summed E-state index contributed by atoms with van der Waals surface area (Å²) < 4.78 is 27.4. The lowest BCUT2D eigenvalue weighted by Crippen LogP contribution is -2.69. The number of alkyl halides is 1. The number of ketones is 2. The zero-order valence-corrected chi connectivity index (χ0v) is 22.2. The molecule has 0 spiro atoms. The fourth-order valence-electron chi connectivity index (χ4n) is 7.88. The molecular weight excluding hydrogens is 507 g/mol. The summed E-state index contributed by atoms with van der Waals surface area (Å²) >= 11 is 0. The first-order valence-corrected chi connectivity index (χ1v) is 13.3. The number of carbonyl (C=O) groups is 4. The van der Waals surface area contributed by atoms with Gasteiger partial charge in [-0.15, -0.1) is 0 Å². The van der Waals surface area contributed by atoms with E-state index in [1.165, 1.54) is 31.2 Å². The molecule has 1 aromatic rings. The number of esters is 2. The molecule has 0 radical (unpaired) electrons. The molecule has 208 valence electrons. The third-order valence-electron chi connectivity index (χ3n) is 9.95. The van der Waals surface area contributed by atoms with Crippen LogP contribution in [-0.2, 0) is 19.1 Å². The van der Waals surface area contributed by atoms with Gasteiger partial charge in [-0.2, -0.15) is 0 Å². The largest absolute Gasteiger partial charge is 0.454 e. The van der Waals surface area contributed by atoms with Crippen LogP contribution in [-0.4, -0.2) is 57.7 Å². The number of hydrogen-bond acceptors (Lipinski definition) is 8. The van der Waals surface area contributed by atoms with Crippen molar-refractivity contribution in [2.75, 3.05) is 6.61 Å². The average molecular weight is 541 g/mol. The molecule has 7 atom stereocenters. The molecule has 0 aromatic heterocycles. The molecule has 3 fully saturated rings. The fraction of sp³-hybridized carbons (Fsp3) is 0.533. The van der Waals surface area contributed by atoms with Crippen LogP contribution in [0.1, 0.15) is 63.2 Å². The van der Waals surface area contributed by atoms with Crippen LogP contribution in [0.2, 0.25) is 0 Å². The molecule has 1 aromatic carbocycles. The maximum atomic E-state index is 17.2. The Balaban J connectivity index is 1.37. The molecule has 0 unspecified atom stereocenters. The zero-order chi connectivity index (χ0) is 28.4. The standard InChI is InChI=1S/C30H33FO8/c1-17(32)39-23-7-5-4-6-20(23)26(36)38-16-25(35)29(37)13-11-21-22-9-8-18-14-19(33)10-12-27(18,2)30(22,31)24(34)15-28(21,29)3/h4-7,10,12,14,21-22,24,34,37H,8-9,11,13,15-16H2,1-3H3/t21-,22-,24-,27-,28-,29-,30-/m0/s1. The van der Waals surface area contributed by atoms with Crippen LogP contribution < -0.4 is 4.74 Å². The summed E-state index contributed by atoms with van der Waals surface area (Å²) in [6.07, 6.45) is 3.96.